The number of carbonyl (C=O) groups is 2. The van der Waals surface area contributed by atoms with Gasteiger partial charge in [0.1, 0.15) is 0 Å². The van der Waals surface area contributed by atoms with E-state index in [1.54, 1.807) is 0 Å². The third-order valence-corrected chi connectivity index (χ3v) is 4.04. The van der Waals surface area contributed by atoms with Gasteiger partial charge in [0.25, 0.3) is 0 Å². The molecule has 2 rings (SSSR count). The van der Waals surface area contributed by atoms with Crippen LogP contribution >= 0.6 is 0 Å². The molecule has 5 heteroatoms. The van der Waals surface area contributed by atoms with Crippen molar-refractivity contribution in [3.63, 3.8) is 0 Å². The first-order valence-corrected chi connectivity index (χ1v) is 7.40. The number of amides is 1. The molecule has 0 radical (unpaired) electrons. The van der Waals surface area contributed by atoms with E-state index in [4.69, 9.17) is 9.47 Å². The van der Waals surface area contributed by atoms with E-state index in [2.05, 4.69) is 26.1 Å². The van der Waals surface area contributed by atoms with Gasteiger partial charge in [-0.2, -0.15) is 0 Å². The molecular weight excluding hydrogens is 258 g/mol. The molecule has 5 nitrogen and oxygen atoms in total. The summed E-state index contributed by atoms with van der Waals surface area (Å²) in [6, 6.07) is 0. The normalized spacial score (nSPS) is 30.4. The van der Waals surface area contributed by atoms with E-state index in [-0.39, 0.29) is 29.3 Å². The Labute approximate surface area is 120 Å². The summed E-state index contributed by atoms with van der Waals surface area (Å²) in [5, 5.41) is 2.98. The first-order chi connectivity index (χ1) is 9.36. The highest BCUT2D eigenvalue weighted by Crippen LogP contribution is 2.34. The topological polar surface area (TPSA) is 64.6 Å². The Hall–Kier alpha value is -1.10. The van der Waals surface area contributed by atoms with Crippen molar-refractivity contribution in [3.05, 3.63) is 0 Å². The number of hydrogen-bond acceptors (Lipinski definition) is 4. The number of rotatable bonds is 4. The van der Waals surface area contributed by atoms with Gasteiger partial charge in [0.2, 0.25) is 5.91 Å². The van der Waals surface area contributed by atoms with Crippen molar-refractivity contribution in [1.29, 1.82) is 0 Å². The Bertz CT molecular complexity index is 375. The molecule has 2 fully saturated rings. The van der Waals surface area contributed by atoms with Crippen LogP contribution in [0.5, 0.6) is 0 Å². The fraction of sp³-hybridized carbons (Fsp3) is 0.867. The first-order valence-electron chi connectivity index (χ1n) is 7.40. The maximum atomic E-state index is 11.9. The predicted octanol–water partition coefficient (Wildman–Crippen LogP) is 1.51. The Morgan fingerprint density at radius 3 is 2.75 bits per heavy atom. The maximum Gasteiger partial charge on any atom is 0.306 e. The van der Waals surface area contributed by atoms with Crippen molar-refractivity contribution in [2.45, 2.75) is 46.1 Å². The van der Waals surface area contributed by atoms with Gasteiger partial charge < -0.3 is 14.8 Å². The van der Waals surface area contributed by atoms with Crippen LogP contribution in [0.3, 0.4) is 0 Å². The van der Waals surface area contributed by atoms with Crippen molar-refractivity contribution >= 4 is 11.9 Å². The molecule has 114 valence electrons. The summed E-state index contributed by atoms with van der Waals surface area (Å²) in [6.07, 6.45) is 1.93. The molecule has 2 saturated heterocycles. The molecule has 2 heterocycles. The molecule has 0 aromatic rings. The van der Waals surface area contributed by atoms with Gasteiger partial charge in [-0.25, -0.2) is 0 Å². The van der Waals surface area contributed by atoms with Crippen LogP contribution in [0.1, 0.15) is 40.0 Å². The first kappa shape index (κ1) is 15.3. The summed E-state index contributed by atoms with van der Waals surface area (Å²) in [5.41, 5.74) is 0.0948. The summed E-state index contributed by atoms with van der Waals surface area (Å²) in [6.45, 7) is 8.30. The molecule has 0 saturated carbocycles. The maximum absolute atomic E-state index is 11.9. The van der Waals surface area contributed by atoms with E-state index in [1.807, 2.05) is 0 Å². The fourth-order valence-electron chi connectivity index (χ4n) is 3.07. The minimum absolute atomic E-state index is 0.00728. The monoisotopic (exact) mass is 283 g/mol. The van der Waals surface area contributed by atoms with Crippen LogP contribution in [0.2, 0.25) is 0 Å². The largest absolute Gasteiger partial charge is 0.465 e. The highest BCUT2D eigenvalue weighted by molar-refractivity contribution is 5.78. The molecule has 20 heavy (non-hydrogen) atoms. The summed E-state index contributed by atoms with van der Waals surface area (Å²) in [4.78, 5) is 22.9. The second-order valence-corrected chi connectivity index (χ2v) is 6.97. The number of ether oxygens (including phenoxy) is 2. The third kappa shape index (κ3) is 3.95. The SMILES string of the molecule is CC(C)(C)[C@H]1OCC[C@@H]1CNC(=O)C[C@H]1COC(=O)C1. The number of hydrogen-bond donors (Lipinski definition) is 1. The van der Waals surface area contributed by atoms with Gasteiger partial charge in [-0.3, -0.25) is 9.59 Å². The van der Waals surface area contributed by atoms with Crippen LogP contribution in [0, 0.1) is 17.3 Å². The van der Waals surface area contributed by atoms with Crippen LogP contribution in [0.4, 0.5) is 0 Å². The Balaban J connectivity index is 1.74. The van der Waals surface area contributed by atoms with Gasteiger partial charge in [-0.1, -0.05) is 20.8 Å². The number of nitrogens with one attached hydrogen (secondary N) is 1. The molecule has 2 aliphatic heterocycles. The molecule has 0 spiro atoms. The highest BCUT2D eigenvalue weighted by atomic mass is 16.5. The van der Waals surface area contributed by atoms with Gasteiger partial charge in [-0.15, -0.1) is 0 Å². The quantitative estimate of drug-likeness (QED) is 0.794. The van der Waals surface area contributed by atoms with E-state index in [1.165, 1.54) is 0 Å². The average molecular weight is 283 g/mol. The molecule has 0 aromatic carbocycles. The Morgan fingerprint density at radius 1 is 1.40 bits per heavy atom. The Kier molecular flexibility index (Phi) is 4.68. The molecule has 0 bridgehead atoms. The predicted molar refractivity (Wildman–Crippen MR) is 74.0 cm³/mol. The smallest absolute Gasteiger partial charge is 0.306 e. The van der Waals surface area contributed by atoms with Crippen LogP contribution in [0.25, 0.3) is 0 Å². The molecule has 2 aliphatic rings. The van der Waals surface area contributed by atoms with Crippen molar-refractivity contribution in [3.8, 4) is 0 Å². The lowest BCUT2D eigenvalue weighted by Gasteiger charge is -2.31. The minimum Gasteiger partial charge on any atom is -0.465 e. The van der Waals surface area contributed by atoms with Gasteiger partial charge in [0.05, 0.1) is 19.1 Å². The van der Waals surface area contributed by atoms with Gasteiger partial charge in [0.15, 0.2) is 0 Å². The zero-order valence-corrected chi connectivity index (χ0v) is 12.6. The van der Waals surface area contributed by atoms with Gasteiger partial charge in [-0.05, 0) is 11.8 Å². The molecule has 0 aromatic heterocycles. The molecule has 0 unspecified atom stereocenters. The standard InChI is InChI=1S/C15H25NO4/c1-15(2,3)14-11(4-5-19-14)8-16-12(17)6-10-7-13(18)20-9-10/h10-11,14H,4-9H2,1-3H3,(H,16,17)/t10-,11-,14+/m1/s1. The summed E-state index contributed by atoms with van der Waals surface area (Å²) < 4.78 is 10.7. The van der Waals surface area contributed by atoms with Crippen molar-refractivity contribution in [1.82, 2.24) is 5.32 Å². The van der Waals surface area contributed by atoms with Crippen molar-refractivity contribution in [2.24, 2.45) is 17.3 Å². The fourth-order valence-corrected chi connectivity index (χ4v) is 3.07. The lowest BCUT2D eigenvalue weighted by atomic mass is 9.81. The van der Waals surface area contributed by atoms with E-state index in [9.17, 15) is 9.59 Å². The second-order valence-electron chi connectivity index (χ2n) is 6.97. The van der Waals surface area contributed by atoms with E-state index < -0.39 is 0 Å². The van der Waals surface area contributed by atoms with Crippen LogP contribution in [0.15, 0.2) is 0 Å². The van der Waals surface area contributed by atoms with Crippen LogP contribution in [-0.2, 0) is 19.1 Å². The zero-order chi connectivity index (χ0) is 14.8. The summed E-state index contributed by atoms with van der Waals surface area (Å²) in [7, 11) is 0. The number of esters is 1. The summed E-state index contributed by atoms with van der Waals surface area (Å²) in [5.74, 6) is 0.230. The van der Waals surface area contributed by atoms with E-state index in [0.717, 1.165) is 13.0 Å². The van der Waals surface area contributed by atoms with Crippen molar-refractivity contribution in [2.75, 3.05) is 19.8 Å². The van der Waals surface area contributed by atoms with Crippen LogP contribution < -0.4 is 5.32 Å². The van der Waals surface area contributed by atoms with Crippen molar-refractivity contribution < 1.29 is 19.1 Å². The van der Waals surface area contributed by atoms with Crippen LogP contribution in [-0.4, -0.2) is 37.7 Å². The zero-order valence-electron chi connectivity index (χ0n) is 12.6. The molecule has 1 amide bonds. The lowest BCUT2D eigenvalue weighted by Crippen LogP contribution is -2.39. The van der Waals surface area contributed by atoms with Gasteiger partial charge >= 0.3 is 5.97 Å². The highest BCUT2D eigenvalue weighted by Gasteiger charge is 2.37. The average Bonchev–Trinajstić information content (AvgIpc) is 2.94. The van der Waals surface area contributed by atoms with Gasteiger partial charge in [0, 0.05) is 31.4 Å². The third-order valence-electron chi connectivity index (χ3n) is 4.04. The molecule has 0 aliphatic carbocycles. The minimum atomic E-state index is -0.195. The summed E-state index contributed by atoms with van der Waals surface area (Å²) >= 11 is 0. The van der Waals surface area contributed by atoms with E-state index in [0.29, 0.717) is 31.9 Å². The molecule has 3 atom stereocenters. The number of carbonyl (C=O) groups excluding carboxylic acids is 2. The number of cyclic esters (lactones) is 1. The lowest BCUT2D eigenvalue weighted by molar-refractivity contribution is -0.138. The molecular formula is C15H25NO4. The van der Waals surface area contributed by atoms with E-state index >= 15 is 0 Å². The second kappa shape index (κ2) is 6.12. The Morgan fingerprint density at radius 2 is 2.15 bits per heavy atom. The molecule has 1 N–H and O–H groups in total.